The average Bonchev–Trinajstić information content (AvgIpc) is 2.49. The summed E-state index contributed by atoms with van der Waals surface area (Å²) in [6.07, 6.45) is 1.15. The van der Waals surface area contributed by atoms with Crippen LogP contribution in [-0.4, -0.2) is 6.04 Å². The van der Waals surface area contributed by atoms with E-state index in [4.69, 9.17) is 4.74 Å². The molecule has 1 atom stereocenters. The van der Waals surface area contributed by atoms with E-state index in [1.165, 1.54) is 5.56 Å². The van der Waals surface area contributed by atoms with Gasteiger partial charge in [-0.05, 0) is 42.2 Å². The molecule has 112 valence electrons. The van der Waals surface area contributed by atoms with Gasteiger partial charge in [-0.2, -0.15) is 0 Å². The molecule has 2 rings (SSSR count). The van der Waals surface area contributed by atoms with E-state index in [0.717, 1.165) is 24.5 Å². The lowest BCUT2D eigenvalue weighted by Crippen LogP contribution is -2.32. The molecule has 1 N–H and O–H groups in total. The van der Waals surface area contributed by atoms with E-state index in [9.17, 15) is 0 Å². The van der Waals surface area contributed by atoms with Crippen molar-refractivity contribution in [2.45, 2.75) is 39.8 Å². The van der Waals surface area contributed by atoms with Crippen LogP contribution in [0.25, 0.3) is 0 Å². The van der Waals surface area contributed by atoms with E-state index in [0.29, 0.717) is 12.0 Å². The Kier molecular flexibility index (Phi) is 5.82. The molecule has 2 heteroatoms. The normalized spacial score (nSPS) is 12.4. The maximum atomic E-state index is 5.87. The van der Waals surface area contributed by atoms with Crippen LogP contribution in [0.2, 0.25) is 0 Å². The van der Waals surface area contributed by atoms with Crippen LogP contribution in [0.1, 0.15) is 32.8 Å². The Morgan fingerprint density at radius 2 is 1.67 bits per heavy atom. The third-order valence-electron chi connectivity index (χ3n) is 3.69. The predicted molar refractivity (Wildman–Crippen MR) is 88.7 cm³/mol. The zero-order valence-electron chi connectivity index (χ0n) is 13.2. The van der Waals surface area contributed by atoms with E-state index in [1.807, 2.05) is 42.5 Å². The molecular weight excluding hydrogens is 258 g/mol. The Balaban J connectivity index is 1.98. The molecular formula is C19H25NO. The van der Waals surface area contributed by atoms with Crippen LogP contribution in [0.5, 0.6) is 11.5 Å². The van der Waals surface area contributed by atoms with Crippen molar-refractivity contribution in [3.8, 4) is 11.5 Å². The lowest BCUT2D eigenvalue weighted by atomic mass is 10.0. The third kappa shape index (κ3) is 4.91. The average molecular weight is 283 g/mol. The van der Waals surface area contributed by atoms with Crippen LogP contribution in [0.4, 0.5) is 0 Å². The Labute approximate surface area is 128 Å². The van der Waals surface area contributed by atoms with Gasteiger partial charge in [-0.15, -0.1) is 0 Å². The van der Waals surface area contributed by atoms with Crippen molar-refractivity contribution < 1.29 is 4.74 Å². The van der Waals surface area contributed by atoms with Gasteiger partial charge in [0.05, 0.1) is 0 Å². The molecule has 0 fully saturated rings. The number of para-hydroxylation sites is 1. The lowest BCUT2D eigenvalue weighted by molar-refractivity contribution is 0.387. The number of hydrogen-bond donors (Lipinski definition) is 1. The summed E-state index contributed by atoms with van der Waals surface area (Å²) in [5.74, 6) is 2.41. The highest BCUT2D eigenvalue weighted by Crippen LogP contribution is 2.22. The van der Waals surface area contributed by atoms with Crippen LogP contribution in [0.15, 0.2) is 54.6 Å². The number of nitrogens with one attached hydrogen (secondary N) is 1. The standard InChI is InChI=1S/C19H25NO/c1-4-19(15(2)3)20-14-16-9-8-12-18(13-16)21-17-10-6-5-7-11-17/h5-13,15,19-20H,4,14H2,1-3H3. The first-order valence-electron chi connectivity index (χ1n) is 7.74. The smallest absolute Gasteiger partial charge is 0.127 e. The van der Waals surface area contributed by atoms with E-state index in [1.54, 1.807) is 0 Å². The summed E-state index contributed by atoms with van der Waals surface area (Å²) in [5.41, 5.74) is 1.25. The molecule has 0 amide bonds. The van der Waals surface area contributed by atoms with Crippen molar-refractivity contribution in [2.24, 2.45) is 5.92 Å². The Morgan fingerprint density at radius 1 is 0.952 bits per heavy atom. The third-order valence-corrected chi connectivity index (χ3v) is 3.69. The first-order valence-corrected chi connectivity index (χ1v) is 7.74. The topological polar surface area (TPSA) is 21.3 Å². The van der Waals surface area contributed by atoms with Crippen molar-refractivity contribution in [3.63, 3.8) is 0 Å². The summed E-state index contributed by atoms with van der Waals surface area (Å²) in [4.78, 5) is 0. The Bertz CT molecular complexity index is 536. The van der Waals surface area contributed by atoms with Crippen LogP contribution < -0.4 is 10.1 Å². The molecule has 0 spiro atoms. The lowest BCUT2D eigenvalue weighted by Gasteiger charge is -2.21. The van der Waals surface area contributed by atoms with Crippen molar-refractivity contribution in [1.82, 2.24) is 5.32 Å². The number of hydrogen-bond acceptors (Lipinski definition) is 2. The van der Waals surface area contributed by atoms with E-state index in [-0.39, 0.29) is 0 Å². The molecule has 1 unspecified atom stereocenters. The van der Waals surface area contributed by atoms with E-state index < -0.39 is 0 Å². The summed E-state index contributed by atoms with van der Waals surface area (Å²) in [6, 6.07) is 18.7. The van der Waals surface area contributed by atoms with Crippen LogP contribution in [0, 0.1) is 5.92 Å². The summed E-state index contributed by atoms with van der Waals surface area (Å²) in [5, 5.41) is 3.62. The Morgan fingerprint density at radius 3 is 2.33 bits per heavy atom. The molecule has 0 saturated carbocycles. The van der Waals surface area contributed by atoms with Gasteiger partial charge >= 0.3 is 0 Å². The summed E-state index contributed by atoms with van der Waals surface area (Å²) >= 11 is 0. The first kappa shape index (κ1) is 15.6. The van der Waals surface area contributed by atoms with Gasteiger partial charge in [-0.25, -0.2) is 0 Å². The van der Waals surface area contributed by atoms with Crippen LogP contribution in [0.3, 0.4) is 0 Å². The highest BCUT2D eigenvalue weighted by molar-refractivity contribution is 5.33. The minimum Gasteiger partial charge on any atom is -0.457 e. The van der Waals surface area contributed by atoms with Gasteiger partial charge in [-0.3, -0.25) is 0 Å². The number of rotatable bonds is 7. The Hall–Kier alpha value is -1.80. The van der Waals surface area contributed by atoms with Gasteiger partial charge in [0.1, 0.15) is 11.5 Å². The molecule has 0 aliphatic carbocycles. The fraction of sp³-hybridized carbons (Fsp3) is 0.368. The molecule has 2 aromatic rings. The second-order valence-corrected chi connectivity index (χ2v) is 5.70. The van der Waals surface area contributed by atoms with Crippen LogP contribution in [-0.2, 0) is 6.54 Å². The highest BCUT2D eigenvalue weighted by atomic mass is 16.5. The van der Waals surface area contributed by atoms with Crippen molar-refractivity contribution >= 4 is 0 Å². The fourth-order valence-corrected chi connectivity index (χ4v) is 2.44. The highest BCUT2D eigenvalue weighted by Gasteiger charge is 2.10. The van der Waals surface area contributed by atoms with Gasteiger partial charge in [0.15, 0.2) is 0 Å². The molecule has 21 heavy (non-hydrogen) atoms. The summed E-state index contributed by atoms with van der Waals surface area (Å²) < 4.78 is 5.87. The van der Waals surface area contributed by atoms with Gasteiger partial charge in [0.25, 0.3) is 0 Å². The first-order chi connectivity index (χ1) is 10.2. The summed E-state index contributed by atoms with van der Waals surface area (Å²) in [6.45, 7) is 7.63. The molecule has 0 aliphatic heterocycles. The molecule has 0 radical (unpaired) electrons. The second-order valence-electron chi connectivity index (χ2n) is 5.70. The fourth-order valence-electron chi connectivity index (χ4n) is 2.44. The van der Waals surface area contributed by atoms with Gasteiger partial charge in [0.2, 0.25) is 0 Å². The molecule has 0 aromatic heterocycles. The molecule has 0 bridgehead atoms. The number of ether oxygens (including phenoxy) is 1. The zero-order valence-corrected chi connectivity index (χ0v) is 13.2. The monoisotopic (exact) mass is 283 g/mol. The van der Waals surface area contributed by atoms with E-state index >= 15 is 0 Å². The minimum atomic E-state index is 0.559. The largest absolute Gasteiger partial charge is 0.457 e. The van der Waals surface area contributed by atoms with Gasteiger partial charge in [-0.1, -0.05) is 51.1 Å². The summed E-state index contributed by atoms with van der Waals surface area (Å²) in [7, 11) is 0. The zero-order chi connectivity index (χ0) is 15.1. The predicted octanol–water partition coefficient (Wildman–Crippen LogP) is 5.00. The molecule has 0 saturated heterocycles. The van der Waals surface area contributed by atoms with Gasteiger partial charge in [0, 0.05) is 12.6 Å². The van der Waals surface area contributed by atoms with Crippen molar-refractivity contribution in [1.29, 1.82) is 0 Å². The van der Waals surface area contributed by atoms with Crippen molar-refractivity contribution in [3.05, 3.63) is 60.2 Å². The van der Waals surface area contributed by atoms with E-state index in [2.05, 4.69) is 38.2 Å². The maximum Gasteiger partial charge on any atom is 0.127 e. The SMILES string of the molecule is CCC(NCc1cccc(Oc2ccccc2)c1)C(C)C. The molecule has 0 aliphatic rings. The maximum absolute atomic E-state index is 5.87. The molecule has 2 nitrogen and oxygen atoms in total. The quantitative estimate of drug-likeness (QED) is 0.771. The van der Waals surface area contributed by atoms with Crippen LogP contribution >= 0.6 is 0 Å². The number of benzene rings is 2. The molecule has 2 aromatic carbocycles. The second kappa shape index (κ2) is 7.84. The van der Waals surface area contributed by atoms with Gasteiger partial charge < -0.3 is 10.1 Å². The molecule has 0 heterocycles. The van der Waals surface area contributed by atoms with Crippen molar-refractivity contribution in [2.75, 3.05) is 0 Å². The minimum absolute atomic E-state index is 0.559.